The molecule has 0 spiro atoms. The zero-order valence-electron chi connectivity index (χ0n) is 12.0. The molecule has 0 amide bonds. The summed E-state index contributed by atoms with van der Waals surface area (Å²) in [6.07, 6.45) is -7.06. The van der Waals surface area contributed by atoms with Gasteiger partial charge in [-0.3, -0.25) is 0 Å². The van der Waals surface area contributed by atoms with Crippen LogP contribution in [0.15, 0.2) is 11.6 Å². The fraction of sp³-hybridized carbons (Fsp3) is 0.769. The third kappa shape index (κ3) is 3.48. The third-order valence-corrected chi connectivity index (χ3v) is 4.08. The first kappa shape index (κ1) is 19.8. The fourth-order valence-electron chi connectivity index (χ4n) is 2.52. The van der Waals surface area contributed by atoms with Crippen LogP contribution >= 0.6 is 0 Å². The number of hydrogen-bond donors (Lipinski definition) is 3. The van der Waals surface area contributed by atoms with E-state index in [4.69, 9.17) is 10.2 Å². The molecule has 0 aromatic carbocycles. The molecule has 1 aliphatic carbocycles. The van der Waals surface area contributed by atoms with Crippen molar-refractivity contribution in [2.75, 3.05) is 0 Å². The third-order valence-electron chi connectivity index (χ3n) is 4.08. The number of alkyl halides is 5. The molecule has 3 N–H and O–H groups in total. The molecule has 0 aliphatic heterocycles. The maximum atomic E-state index is 13.9. The highest BCUT2D eigenvalue weighted by Gasteiger charge is 2.76. The van der Waals surface area contributed by atoms with Crippen LogP contribution in [0.3, 0.4) is 0 Å². The van der Waals surface area contributed by atoms with Crippen LogP contribution in [0.1, 0.15) is 32.6 Å². The molecule has 134 valence electrons. The van der Waals surface area contributed by atoms with Gasteiger partial charge in [0.1, 0.15) is 5.60 Å². The lowest BCUT2D eigenvalue weighted by molar-refractivity contribution is -0.444. The molecule has 1 saturated carbocycles. The van der Waals surface area contributed by atoms with Gasteiger partial charge >= 0.3 is 17.9 Å². The summed E-state index contributed by atoms with van der Waals surface area (Å²) in [5.41, 5.74) is -3.44. The summed E-state index contributed by atoms with van der Waals surface area (Å²) < 4.78 is 65.0. The van der Waals surface area contributed by atoms with Gasteiger partial charge < -0.3 is 25.2 Å². The number of hydrogen-bond acceptors (Lipinski definition) is 5. The van der Waals surface area contributed by atoms with Gasteiger partial charge in [-0.2, -0.15) is 22.0 Å². The van der Waals surface area contributed by atoms with Crippen molar-refractivity contribution in [3.05, 3.63) is 11.6 Å². The van der Waals surface area contributed by atoms with Crippen molar-refractivity contribution < 1.29 is 47.2 Å². The zero-order chi connectivity index (χ0) is 18.3. The summed E-state index contributed by atoms with van der Waals surface area (Å²) in [7, 11) is 0. The van der Waals surface area contributed by atoms with Crippen molar-refractivity contribution in [3.63, 3.8) is 0 Å². The van der Waals surface area contributed by atoms with Crippen molar-refractivity contribution in [1.82, 2.24) is 0 Å². The van der Waals surface area contributed by atoms with Crippen LogP contribution in [0.4, 0.5) is 22.0 Å². The van der Waals surface area contributed by atoms with E-state index < -0.39 is 48.2 Å². The predicted molar refractivity (Wildman–Crippen MR) is 63.8 cm³/mol. The minimum Gasteiger partial charge on any atom is -0.545 e. The molecule has 0 atom stereocenters. The van der Waals surface area contributed by atoms with E-state index in [1.54, 1.807) is 0 Å². The Hall–Kier alpha value is -1.26. The van der Waals surface area contributed by atoms with Crippen molar-refractivity contribution in [2.45, 2.75) is 56.1 Å². The fourth-order valence-corrected chi connectivity index (χ4v) is 2.52. The molecule has 0 saturated heterocycles. The van der Waals surface area contributed by atoms with Crippen LogP contribution in [0.5, 0.6) is 0 Å². The Morgan fingerprint density at radius 2 is 1.61 bits per heavy atom. The van der Waals surface area contributed by atoms with Gasteiger partial charge in [-0.25, -0.2) is 0 Å². The van der Waals surface area contributed by atoms with Crippen molar-refractivity contribution >= 4 is 5.97 Å². The number of allylic oxidation sites excluding steroid dienone is 1. The number of halogens is 5. The van der Waals surface area contributed by atoms with E-state index in [1.807, 2.05) is 0 Å². The first-order valence-electron chi connectivity index (χ1n) is 6.67. The van der Waals surface area contributed by atoms with Crippen LogP contribution in [-0.4, -0.2) is 44.8 Å². The molecule has 5 nitrogen and oxygen atoms in total. The van der Waals surface area contributed by atoms with E-state index in [2.05, 4.69) is 0 Å². The van der Waals surface area contributed by atoms with E-state index in [-0.39, 0.29) is 18.4 Å². The maximum absolute atomic E-state index is 13.9. The first-order valence-corrected chi connectivity index (χ1v) is 6.67. The second-order valence-corrected chi connectivity index (χ2v) is 5.75. The average Bonchev–Trinajstić information content (AvgIpc) is 2.39. The summed E-state index contributed by atoms with van der Waals surface area (Å²) in [5, 5.41) is 38.0. The number of carbonyl (C=O) groups is 1. The van der Waals surface area contributed by atoms with Crippen LogP contribution in [0, 0.1) is 5.92 Å². The van der Waals surface area contributed by atoms with Gasteiger partial charge in [-0.05, 0) is 44.1 Å². The Labute approximate surface area is 128 Å². The van der Waals surface area contributed by atoms with Crippen LogP contribution in [-0.2, 0) is 4.79 Å². The van der Waals surface area contributed by atoms with Gasteiger partial charge in [-0.15, -0.1) is 0 Å². The van der Waals surface area contributed by atoms with Gasteiger partial charge in [0.15, 0.2) is 0 Å². The molecule has 10 heteroatoms. The number of aliphatic hydroxyl groups is 3. The molecular weight excluding hydrogens is 331 g/mol. The Balaban J connectivity index is 2.96. The largest absolute Gasteiger partial charge is 0.545 e. The second kappa shape index (κ2) is 5.99. The minimum absolute atomic E-state index is 0.166. The quantitative estimate of drug-likeness (QED) is 0.390. The molecule has 23 heavy (non-hydrogen) atoms. The average molecular weight is 347 g/mol. The Morgan fingerprint density at radius 1 is 1.17 bits per heavy atom. The van der Waals surface area contributed by atoms with Crippen molar-refractivity contribution in [2.24, 2.45) is 5.92 Å². The van der Waals surface area contributed by atoms with E-state index >= 15 is 0 Å². The Morgan fingerprint density at radius 3 is 1.96 bits per heavy atom. The SMILES string of the molecule is CC(=CC1CCC(O)(C(F)(F)C(O)(O)C(F)(F)F)CC1)C(=O)[O-]. The van der Waals surface area contributed by atoms with E-state index in [1.165, 1.54) is 13.0 Å². The smallest absolute Gasteiger partial charge is 0.449 e. The van der Waals surface area contributed by atoms with Crippen LogP contribution in [0.2, 0.25) is 0 Å². The summed E-state index contributed by atoms with van der Waals surface area (Å²) >= 11 is 0. The van der Waals surface area contributed by atoms with Crippen molar-refractivity contribution in [1.29, 1.82) is 0 Å². The van der Waals surface area contributed by atoms with Gasteiger partial charge in [0.2, 0.25) is 0 Å². The van der Waals surface area contributed by atoms with Crippen LogP contribution < -0.4 is 5.11 Å². The molecule has 1 fully saturated rings. The molecule has 0 heterocycles. The summed E-state index contributed by atoms with van der Waals surface area (Å²) in [4.78, 5) is 10.6. The monoisotopic (exact) mass is 347 g/mol. The lowest BCUT2D eigenvalue weighted by Gasteiger charge is -2.45. The highest BCUT2D eigenvalue weighted by atomic mass is 19.4. The van der Waals surface area contributed by atoms with E-state index in [0.717, 1.165) is 0 Å². The standard InChI is InChI=1S/C13H17F5O5/c1-7(9(19)20)6-8-2-4-10(21,5-3-8)11(14,15)12(22,23)13(16,17)18/h6,8,21-23H,2-5H2,1H3,(H,19,20)/p-1. The van der Waals surface area contributed by atoms with Gasteiger partial charge in [0.05, 0.1) is 5.97 Å². The number of aliphatic carboxylic acids is 1. The molecule has 0 aromatic heterocycles. The topological polar surface area (TPSA) is 101 Å². The van der Waals surface area contributed by atoms with E-state index in [0.29, 0.717) is 0 Å². The lowest BCUT2D eigenvalue weighted by Crippen LogP contribution is -2.69. The maximum Gasteiger partial charge on any atom is 0.449 e. The van der Waals surface area contributed by atoms with Crippen LogP contribution in [0.25, 0.3) is 0 Å². The first-order chi connectivity index (χ1) is 10.2. The summed E-state index contributed by atoms with van der Waals surface area (Å²) in [6, 6.07) is 0. The molecule has 0 unspecified atom stereocenters. The second-order valence-electron chi connectivity index (χ2n) is 5.75. The van der Waals surface area contributed by atoms with E-state index in [9.17, 15) is 37.0 Å². The molecule has 1 rings (SSSR count). The normalized spacial score (nSPS) is 27.9. The van der Waals surface area contributed by atoms with Crippen molar-refractivity contribution in [3.8, 4) is 0 Å². The number of carboxylic acids is 1. The summed E-state index contributed by atoms with van der Waals surface area (Å²) in [6.45, 7) is 1.21. The molecule has 0 bridgehead atoms. The number of carboxylic acid groups (broad SMARTS) is 1. The van der Waals surface area contributed by atoms with Gasteiger partial charge in [-0.1, -0.05) is 6.08 Å². The Bertz CT molecular complexity index is 489. The highest BCUT2D eigenvalue weighted by molar-refractivity contribution is 5.83. The molecule has 1 aliphatic rings. The highest BCUT2D eigenvalue weighted by Crippen LogP contribution is 2.51. The molecular formula is C13H16F5O5-. The Kier molecular flexibility index (Phi) is 5.15. The molecule has 0 radical (unpaired) electrons. The zero-order valence-corrected chi connectivity index (χ0v) is 12.0. The summed E-state index contributed by atoms with van der Waals surface area (Å²) in [5.74, 6) is -12.7. The molecule has 0 aromatic rings. The number of rotatable bonds is 4. The predicted octanol–water partition coefficient (Wildman–Crippen LogP) is 0.482. The lowest BCUT2D eigenvalue weighted by atomic mass is 9.73. The van der Waals surface area contributed by atoms with Gasteiger partial charge in [0.25, 0.3) is 0 Å². The van der Waals surface area contributed by atoms with Gasteiger partial charge in [0, 0.05) is 0 Å². The number of carbonyl (C=O) groups excluding carboxylic acids is 1. The minimum atomic E-state index is -6.06.